The molecular formula is C16H15ClN2O6. The van der Waals surface area contributed by atoms with Gasteiger partial charge in [-0.25, -0.2) is 9.59 Å². The van der Waals surface area contributed by atoms with Crippen LogP contribution < -0.4 is 5.32 Å². The molecule has 132 valence electrons. The first kappa shape index (κ1) is 17.2. The Balaban J connectivity index is 2.03. The molecule has 8 nitrogen and oxygen atoms in total. The second-order valence-corrected chi connectivity index (χ2v) is 5.86. The Hall–Kier alpha value is -2.58. The molecule has 0 bridgehead atoms. The maximum absolute atomic E-state index is 12.6. The van der Waals surface area contributed by atoms with Crippen LogP contribution in [0, 0.1) is 0 Å². The van der Waals surface area contributed by atoms with Crippen LogP contribution in [-0.2, 0) is 25.7 Å². The van der Waals surface area contributed by atoms with Crippen LogP contribution in [0.2, 0.25) is 5.02 Å². The number of esters is 2. The van der Waals surface area contributed by atoms with Crippen molar-refractivity contribution < 1.29 is 29.0 Å². The van der Waals surface area contributed by atoms with Gasteiger partial charge in [-0.3, -0.25) is 4.79 Å². The molecule has 3 rings (SSSR count). The molecule has 0 saturated carbocycles. The van der Waals surface area contributed by atoms with Crippen molar-refractivity contribution in [1.82, 2.24) is 4.90 Å². The minimum Gasteiger partial charge on any atom is -0.466 e. The van der Waals surface area contributed by atoms with E-state index in [9.17, 15) is 14.4 Å². The van der Waals surface area contributed by atoms with Crippen LogP contribution in [0.4, 0.5) is 5.69 Å². The molecule has 1 aromatic rings. The molecule has 9 heteroatoms. The van der Waals surface area contributed by atoms with E-state index in [0.717, 1.165) is 0 Å². The van der Waals surface area contributed by atoms with Crippen LogP contribution in [0.25, 0.3) is 0 Å². The first-order chi connectivity index (χ1) is 12.0. The standard InChI is InChI=1S/C16H15ClN2O6/c1-24-15(22)9-6-19(4-5-20)14(21)12(9)18-13-10(17)3-2-8-7-25-16(23)11(8)13/h2-3,18,20H,4-7H2,1H3. The Morgan fingerprint density at radius 1 is 1.44 bits per heavy atom. The highest BCUT2D eigenvalue weighted by Gasteiger charge is 2.36. The van der Waals surface area contributed by atoms with Gasteiger partial charge >= 0.3 is 11.9 Å². The molecule has 1 aromatic carbocycles. The lowest BCUT2D eigenvalue weighted by molar-refractivity contribution is -0.136. The summed E-state index contributed by atoms with van der Waals surface area (Å²) < 4.78 is 9.71. The predicted molar refractivity (Wildman–Crippen MR) is 86.9 cm³/mol. The molecule has 2 N–H and O–H groups in total. The largest absolute Gasteiger partial charge is 0.466 e. The maximum Gasteiger partial charge on any atom is 0.341 e. The van der Waals surface area contributed by atoms with Crippen LogP contribution in [0.15, 0.2) is 23.4 Å². The summed E-state index contributed by atoms with van der Waals surface area (Å²) in [6, 6.07) is 3.24. The molecule has 0 fully saturated rings. The smallest absolute Gasteiger partial charge is 0.341 e. The van der Waals surface area contributed by atoms with Gasteiger partial charge in [-0.05, 0) is 6.07 Å². The van der Waals surface area contributed by atoms with E-state index < -0.39 is 17.8 Å². The maximum atomic E-state index is 12.6. The van der Waals surface area contributed by atoms with Crippen molar-refractivity contribution in [2.75, 3.05) is 32.1 Å². The number of nitrogens with zero attached hydrogens (tertiary/aromatic N) is 1. The highest BCUT2D eigenvalue weighted by Crippen LogP contribution is 2.35. The van der Waals surface area contributed by atoms with Gasteiger partial charge in [-0.2, -0.15) is 0 Å². The number of fused-ring (bicyclic) bond motifs is 1. The van der Waals surface area contributed by atoms with Gasteiger partial charge in [0, 0.05) is 12.1 Å². The van der Waals surface area contributed by atoms with Gasteiger partial charge in [-0.1, -0.05) is 17.7 Å². The van der Waals surface area contributed by atoms with E-state index in [4.69, 9.17) is 26.2 Å². The second-order valence-electron chi connectivity index (χ2n) is 5.45. The average molecular weight is 367 g/mol. The van der Waals surface area contributed by atoms with E-state index in [0.29, 0.717) is 5.56 Å². The van der Waals surface area contributed by atoms with Crippen molar-refractivity contribution in [3.8, 4) is 0 Å². The van der Waals surface area contributed by atoms with Gasteiger partial charge in [0.25, 0.3) is 5.91 Å². The fourth-order valence-electron chi connectivity index (χ4n) is 2.79. The Morgan fingerprint density at radius 3 is 2.88 bits per heavy atom. The predicted octanol–water partition coefficient (Wildman–Crippen LogP) is 0.684. The Labute approximate surface area is 147 Å². The highest BCUT2D eigenvalue weighted by molar-refractivity contribution is 6.34. The van der Waals surface area contributed by atoms with Crippen molar-refractivity contribution in [3.63, 3.8) is 0 Å². The van der Waals surface area contributed by atoms with Gasteiger partial charge in [0.2, 0.25) is 0 Å². The second kappa shape index (κ2) is 6.73. The summed E-state index contributed by atoms with van der Waals surface area (Å²) in [6.45, 7) is -0.0759. The number of aliphatic hydroxyl groups excluding tert-OH is 1. The van der Waals surface area contributed by atoms with Crippen LogP contribution in [0.5, 0.6) is 0 Å². The van der Waals surface area contributed by atoms with Gasteiger partial charge < -0.3 is 24.8 Å². The molecule has 2 aliphatic rings. The number of carbonyl (C=O) groups excluding carboxylic acids is 3. The average Bonchev–Trinajstić information content (AvgIpc) is 3.12. The van der Waals surface area contributed by atoms with Crippen LogP contribution >= 0.6 is 11.6 Å². The number of benzene rings is 1. The zero-order chi connectivity index (χ0) is 18.1. The van der Waals surface area contributed by atoms with E-state index in [-0.39, 0.29) is 53.8 Å². The van der Waals surface area contributed by atoms with E-state index in [2.05, 4.69) is 5.32 Å². The summed E-state index contributed by atoms with van der Waals surface area (Å²) in [5, 5.41) is 12.1. The van der Waals surface area contributed by atoms with Crippen molar-refractivity contribution in [1.29, 1.82) is 0 Å². The van der Waals surface area contributed by atoms with Gasteiger partial charge in [-0.15, -0.1) is 0 Å². The van der Waals surface area contributed by atoms with E-state index in [1.54, 1.807) is 12.1 Å². The number of hydrogen-bond acceptors (Lipinski definition) is 7. The molecular weight excluding hydrogens is 352 g/mol. The molecule has 0 radical (unpaired) electrons. The number of rotatable bonds is 5. The fourth-order valence-corrected chi connectivity index (χ4v) is 2.99. The topological polar surface area (TPSA) is 105 Å². The summed E-state index contributed by atoms with van der Waals surface area (Å²) in [4.78, 5) is 37.8. The lowest BCUT2D eigenvalue weighted by atomic mass is 10.1. The Bertz CT molecular complexity index is 804. The SMILES string of the molecule is COC(=O)C1=C(Nc2c(Cl)ccc3c2C(=O)OC3)C(=O)N(CCO)C1. The van der Waals surface area contributed by atoms with Crippen LogP contribution in [-0.4, -0.2) is 54.7 Å². The van der Waals surface area contributed by atoms with Crippen molar-refractivity contribution >= 4 is 35.1 Å². The third-order valence-electron chi connectivity index (χ3n) is 4.01. The monoisotopic (exact) mass is 366 g/mol. The lowest BCUT2D eigenvalue weighted by Crippen LogP contribution is -2.31. The number of hydrogen-bond donors (Lipinski definition) is 2. The third kappa shape index (κ3) is 2.94. The number of amides is 1. The summed E-state index contributed by atoms with van der Waals surface area (Å²) in [7, 11) is 1.21. The number of β-amino-alcohol motifs (C(OH)–C–C–N with tert-alkyl or cyclic N) is 1. The lowest BCUT2D eigenvalue weighted by Gasteiger charge is -2.16. The zero-order valence-corrected chi connectivity index (χ0v) is 14.1. The number of carbonyl (C=O) groups is 3. The summed E-state index contributed by atoms with van der Waals surface area (Å²) >= 11 is 6.18. The number of halogens is 1. The molecule has 0 saturated heterocycles. The number of anilines is 1. The van der Waals surface area contributed by atoms with Crippen LogP contribution in [0.1, 0.15) is 15.9 Å². The quantitative estimate of drug-likeness (QED) is 0.738. The van der Waals surface area contributed by atoms with E-state index in [1.165, 1.54) is 12.0 Å². The van der Waals surface area contributed by atoms with Gasteiger partial charge in [0.15, 0.2) is 0 Å². The van der Waals surface area contributed by atoms with Crippen molar-refractivity contribution in [3.05, 3.63) is 39.6 Å². The molecule has 2 heterocycles. The molecule has 1 amide bonds. The highest BCUT2D eigenvalue weighted by atomic mass is 35.5. The number of methoxy groups -OCH3 is 1. The minimum atomic E-state index is -0.678. The number of aliphatic hydroxyl groups is 1. The van der Waals surface area contributed by atoms with E-state index in [1.807, 2.05) is 0 Å². The summed E-state index contributed by atoms with van der Waals surface area (Å²) in [6.07, 6.45) is 0. The van der Waals surface area contributed by atoms with Gasteiger partial charge in [0.1, 0.15) is 12.3 Å². The van der Waals surface area contributed by atoms with Gasteiger partial charge in [0.05, 0.1) is 42.1 Å². The number of ether oxygens (including phenoxy) is 2. The first-order valence-electron chi connectivity index (χ1n) is 7.45. The minimum absolute atomic E-state index is 0.00844. The zero-order valence-electron chi connectivity index (χ0n) is 13.3. The molecule has 25 heavy (non-hydrogen) atoms. The molecule has 2 aliphatic heterocycles. The van der Waals surface area contributed by atoms with E-state index >= 15 is 0 Å². The summed E-state index contributed by atoms with van der Waals surface area (Å²) in [5.74, 6) is -1.73. The summed E-state index contributed by atoms with van der Waals surface area (Å²) in [5.41, 5.74) is 1.14. The molecule has 0 atom stereocenters. The Kier molecular flexibility index (Phi) is 4.65. The fraction of sp³-hybridized carbons (Fsp3) is 0.312. The molecule has 0 aliphatic carbocycles. The van der Waals surface area contributed by atoms with Crippen molar-refractivity contribution in [2.24, 2.45) is 0 Å². The molecule has 0 unspecified atom stereocenters. The van der Waals surface area contributed by atoms with Crippen LogP contribution in [0.3, 0.4) is 0 Å². The molecule has 0 aromatic heterocycles. The third-order valence-corrected chi connectivity index (χ3v) is 4.32. The Morgan fingerprint density at radius 2 is 2.20 bits per heavy atom. The number of nitrogens with one attached hydrogen (secondary N) is 1. The normalized spacial score (nSPS) is 16.2. The number of cyclic esters (lactones) is 1. The first-order valence-corrected chi connectivity index (χ1v) is 7.82. The molecule has 0 spiro atoms. The van der Waals surface area contributed by atoms with Crippen molar-refractivity contribution in [2.45, 2.75) is 6.61 Å².